The highest BCUT2D eigenvalue weighted by atomic mass is 35.5. The number of nitro benzene ring substituents is 1. The van der Waals surface area contributed by atoms with E-state index in [2.05, 4.69) is 0 Å². The number of hydrogen-bond donors (Lipinski definition) is 0. The van der Waals surface area contributed by atoms with E-state index in [1.54, 1.807) is 30.3 Å². The maximum Gasteiger partial charge on any atom is 0.363 e. The van der Waals surface area contributed by atoms with E-state index in [4.69, 9.17) is 33.3 Å². The van der Waals surface area contributed by atoms with Gasteiger partial charge in [-0.15, -0.1) is 0 Å². The van der Waals surface area contributed by atoms with Crippen LogP contribution in [0, 0.1) is 10.1 Å². The van der Waals surface area contributed by atoms with Crippen LogP contribution in [-0.2, 0) is 0 Å². The molecule has 0 saturated heterocycles. The Morgan fingerprint density at radius 2 is 1.70 bits per heavy atom. The van der Waals surface area contributed by atoms with Gasteiger partial charge in [0.25, 0.3) is 5.69 Å². The molecule has 0 saturated carbocycles. The van der Waals surface area contributed by atoms with Gasteiger partial charge in [0.05, 0.1) is 11.0 Å². The summed E-state index contributed by atoms with van der Waals surface area (Å²) >= 11 is 10.7. The van der Waals surface area contributed by atoms with Gasteiger partial charge in [-0.1, -0.05) is 23.7 Å². The summed E-state index contributed by atoms with van der Waals surface area (Å²) < 4.78 is 10.5. The van der Waals surface area contributed by atoms with Crippen LogP contribution in [0.1, 0.15) is 0 Å². The van der Waals surface area contributed by atoms with Crippen molar-refractivity contribution >= 4 is 34.7 Å². The Labute approximate surface area is 124 Å². The minimum atomic E-state index is -0.520. The van der Waals surface area contributed by atoms with Crippen LogP contribution in [0.25, 0.3) is 0 Å². The van der Waals surface area contributed by atoms with Crippen LogP contribution in [0.4, 0.5) is 5.69 Å². The minimum absolute atomic E-state index is 0.0898. The van der Waals surface area contributed by atoms with E-state index in [0.29, 0.717) is 10.8 Å². The quantitative estimate of drug-likeness (QED) is 0.487. The fourth-order valence-corrected chi connectivity index (χ4v) is 1.78. The zero-order valence-corrected chi connectivity index (χ0v) is 11.6. The van der Waals surface area contributed by atoms with Gasteiger partial charge in [0.1, 0.15) is 11.5 Å². The summed E-state index contributed by atoms with van der Waals surface area (Å²) in [4.78, 5) is 10.1. The van der Waals surface area contributed by atoms with Crippen molar-refractivity contribution in [2.45, 2.75) is 0 Å². The Morgan fingerprint density at radius 1 is 1.10 bits per heavy atom. The monoisotopic (exact) mass is 309 g/mol. The normalized spacial score (nSPS) is 9.85. The number of halogens is 1. The second-order valence-corrected chi connectivity index (χ2v) is 4.44. The van der Waals surface area contributed by atoms with Gasteiger partial charge in [-0.05, 0) is 24.3 Å². The first-order chi connectivity index (χ1) is 9.54. The third-order valence-corrected chi connectivity index (χ3v) is 2.63. The molecule has 0 radical (unpaired) electrons. The summed E-state index contributed by atoms with van der Waals surface area (Å²) in [6.45, 7) is 0. The molecular formula is C13H8ClNO4S. The van der Waals surface area contributed by atoms with Crippen LogP contribution in [0.15, 0.2) is 48.5 Å². The van der Waals surface area contributed by atoms with Crippen molar-refractivity contribution in [2.75, 3.05) is 0 Å². The van der Waals surface area contributed by atoms with Gasteiger partial charge in [-0.3, -0.25) is 10.1 Å². The zero-order valence-electron chi connectivity index (χ0n) is 9.99. The number of benzene rings is 2. The van der Waals surface area contributed by atoms with Crippen molar-refractivity contribution in [3.63, 3.8) is 0 Å². The molecule has 0 aliphatic heterocycles. The summed E-state index contributed by atoms with van der Waals surface area (Å²) in [5.41, 5.74) is -0.0898. The molecule has 0 aromatic heterocycles. The average Bonchev–Trinajstić information content (AvgIpc) is 2.38. The summed E-state index contributed by atoms with van der Waals surface area (Å²) in [5.74, 6) is 0.652. The molecule has 0 aliphatic rings. The summed E-state index contributed by atoms with van der Waals surface area (Å²) in [6, 6.07) is 12.3. The first-order valence-electron chi connectivity index (χ1n) is 5.44. The smallest absolute Gasteiger partial charge is 0.363 e. The number of hydrogen-bond acceptors (Lipinski definition) is 5. The van der Waals surface area contributed by atoms with Crippen molar-refractivity contribution < 1.29 is 14.4 Å². The van der Waals surface area contributed by atoms with E-state index >= 15 is 0 Å². The molecule has 0 aliphatic carbocycles. The molecule has 0 fully saturated rings. The molecule has 102 valence electrons. The van der Waals surface area contributed by atoms with Crippen LogP contribution >= 0.6 is 23.8 Å². The van der Waals surface area contributed by atoms with Crippen LogP contribution in [0.2, 0.25) is 5.02 Å². The second kappa shape index (κ2) is 6.31. The van der Waals surface area contributed by atoms with Crippen molar-refractivity contribution in [1.29, 1.82) is 0 Å². The second-order valence-electron chi connectivity index (χ2n) is 3.67. The van der Waals surface area contributed by atoms with E-state index in [9.17, 15) is 10.1 Å². The standard InChI is InChI=1S/C13H8ClNO4S/c14-9-3-1-5-11(7-9)18-13(20)19-12-6-2-4-10(8-12)15(16)17/h1-8H. The number of nitrogens with zero attached hydrogens (tertiary/aromatic N) is 1. The van der Waals surface area contributed by atoms with Crippen LogP contribution in [0.3, 0.4) is 0 Å². The predicted octanol–water partition coefficient (Wildman–Crippen LogP) is 3.99. The van der Waals surface area contributed by atoms with Gasteiger partial charge in [-0.25, -0.2) is 0 Å². The Morgan fingerprint density at radius 3 is 2.30 bits per heavy atom. The lowest BCUT2D eigenvalue weighted by Gasteiger charge is -2.08. The Balaban J connectivity index is 2.04. The van der Waals surface area contributed by atoms with Crippen molar-refractivity contribution in [3.05, 3.63) is 63.7 Å². The number of nitro groups is 1. The van der Waals surface area contributed by atoms with Crippen LogP contribution in [-0.4, -0.2) is 10.2 Å². The van der Waals surface area contributed by atoms with E-state index in [1.165, 1.54) is 18.2 Å². The summed E-state index contributed by atoms with van der Waals surface area (Å²) in [7, 11) is 0. The molecule has 20 heavy (non-hydrogen) atoms. The Hall–Kier alpha value is -2.18. The fraction of sp³-hybridized carbons (Fsp3) is 0. The molecule has 0 bridgehead atoms. The van der Waals surface area contributed by atoms with Gasteiger partial charge in [0.15, 0.2) is 0 Å². The first-order valence-corrected chi connectivity index (χ1v) is 6.23. The molecule has 0 N–H and O–H groups in total. The number of thiocarbonyl (C=S) groups is 1. The van der Waals surface area contributed by atoms with E-state index < -0.39 is 4.92 Å². The molecule has 7 heteroatoms. The fourth-order valence-electron chi connectivity index (χ4n) is 1.40. The third kappa shape index (κ3) is 3.91. The van der Waals surface area contributed by atoms with Gasteiger partial charge >= 0.3 is 5.24 Å². The van der Waals surface area contributed by atoms with E-state index in [1.807, 2.05) is 0 Å². The van der Waals surface area contributed by atoms with Gasteiger partial charge in [0.2, 0.25) is 0 Å². The van der Waals surface area contributed by atoms with Crippen molar-refractivity contribution in [3.8, 4) is 11.5 Å². The van der Waals surface area contributed by atoms with Crippen LogP contribution < -0.4 is 9.47 Å². The van der Waals surface area contributed by atoms with E-state index in [0.717, 1.165) is 0 Å². The highest BCUT2D eigenvalue weighted by Crippen LogP contribution is 2.21. The molecule has 2 rings (SSSR count). The predicted molar refractivity (Wildman–Crippen MR) is 78.4 cm³/mol. The maximum atomic E-state index is 10.6. The van der Waals surface area contributed by atoms with Gasteiger partial charge in [0, 0.05) is 23.3 Å². The number of rotatable bonds is 3. The molecular weight excluding hydrogens is 302 g/mol. The molecule has 5 nitrogen and oxygen atoms in total. The largest absolute Gasteiger partial charge is 0.417 e. The Bertz CT molecular complexity index is 662. The van der Waals surface area contributed by atoms with Crippen molar-refractivity contribution in [2.24, 2.45) is 0 Å². The van der Waals surface area contributed by atoms with Crippen LogP contribution in [0.5, 0.6) is 11.5 Å². The van der Waals surface area contributed by atoms with Gasteiger partial charge < -0.3 is 9.47 Å². The minimum Gasteiger partial charge on any atom is -0.417 e. The molecule has 2 aromatic carbocycles. The molecule has 0 amide bonds. The average molecular weight is 310 g/mol. The van der Waals surface area contributed by atoms with Gasteiger partial charge in [-0.2, -0.15) is 0 Å². The van der Waals surface area contributed by atoms with E-state index in [-0.39, 0.29) is 16.7 Å². The summed E-state index contributed by atoms with van der Waals surface area (Å²) in [5, 5.41) is 11.0. The SMILES string of the molecule is O=[N+]([O-])c1cccc(OC(=S)Oc2cccc(Cl)c2)c1. The third-order valence-electron chi connectivity index (χ3n) is 2.23. The lowest BCUT2D eigenvalue weighted by atomic mass is 10.3. The maximum absolute atomic E-state index is 10.6. The number of non-ortho nitro benzene ring substituents is 1. The summed E-state index contributed by atoms with van der Waals surface area (Å²) in [6.07, 6.45) is 0. The molecule has 2 aromatic rings. The topological polar surface area (TPSA) is 61.6 Å². The van der Waals surface area contributed by atoms with Crippen molar-refractivity contribution in [1.82, 2.24) is 0 Å². The lowest BCUT2D eigenvalue weighted by molar-refractivity contribution is -0.384. The highest BCUT2D eigenvalue weighted by Gasteiger charge is 2.09. The Kier molecular flexibility index (Phi) is 4.49. The molecule has 0 heterocycles. The lowest BCUT2D eigenvalue weighted by Crippen LogP contribution is -2.13. The molecule has 0 atom stereocenters. The highest BCUT2D eigenvalue weighted by molar-refractivity contribution is 7.79. The molecule has 0 unspecified atom stereocenters. The number of ether oxygens (including phenoxy) is 2. The molecule has 0 spiro atoms. The first kappa shape index (κ1) is 14.2. The zero-order chi connectivity index (χ0) is 14.5.